The maximum atomic E-state index is 12.5. The molecular formula is C16H15N5O6. The first-order valence-corrected chi connectivity index (χ1v) is 7.75. The van der Waals surface area contributed by atoms with E-state index in [9.17, 15) is 19.2 Å². The first kappa shape index (κ1) is 18.0. The Bertz CT molecular complexity index is 903. The molecule has 1 amide bonds. The van der Waals surface area contributed by atoms with Gasteiger partial charge in [-0.05, 0) is 18.2 Å². The van der Waals surface area contributed by atoms with Gasteiger partial charge < -0.3 is 20.1 Å². The van der Waals surface area contributed by atoms with Crippen molar-refractivity contribution in [3.63, 3.8) is 0 Å². The molecule has 11 heteroatoms. The summed E-state index contributed by atoms with van der Waals surface area (Å²) in [6, 6.07) is 3.10. The van der Waals surface area contributed by atoms with Crippen molar-refractivity contribution in [2.24, 2.45) is 0 Å². The van der Waals surface area contributed by atoms with Gasteiger partial charge in [0.05, 0.1) is 31.8 Å². The maximum Gasteiger partial charge on any atom is 0.337 e. The van der Waals surface area contributed by atoms with Crippen LogP contribution in [-0.4, -0.2) is 58.8 Å². The van der Waals surface area contributed by atoms with Crippen LogP contribution in [0.1, 0.15) is 31.9 Å². The van der Waals surface area contributed by atoms with Crippen LogP contribution < -0.4 is 10.6 Å². The van der Waals surface area contributed by atoms with Crippen LogP contribution in [0.2, 0.25) is 0 Å². The third-order valence-corrected chi connectivity index (χ3v) is 3.83. The Morgan fingerprint density at radius 3 is 2.37 bits per heavy atom. The van der Waals surface area contributed by atoms with Gasteiger partial charge in [0.25, 0.3) is 5.91 Å². The van der Waals surface area contributed by atoms with Crippen molar-refractivity contribution in [2.75, 3.05) is 24.9 Å². The third kappa shape index (κ3) is 3.61. The molecule has 140 valence electrons. The fraction of sp³-hybridized carbons (Fsp3) is 0.250. The molecule has 2 heterocycles. The van der Waals surface area contributed by atoms with Crippen molar-refractivity contribution in [3.05, 3.63) is 35.7 Å². The van der Waals surface area contributed by atoms with Crippen molar-refractivity contribution >= 4 is 35.4 Å². The van der Waals surface area contributed by atoms with Gasteiger partial charge in [0.2, 0.25) is 11.9 Å². The molecule has 0 saturated carbocycles. The highest BCUT2D eigenvalue weighted by Crippen LogP contribution is 2.19. The summed E-state index contributed by atoms with van der Waals surface area (Å²) in [6.45, 7) is 0. The van der Waals surface area contributed by atoms with Gasteiger partial charge in [-0.3, -0.25) is 9.59 Å². The molecular weight excluding hydrogens is 358 g/mol. The van der Waals surface area contributed by atoms with Crippen molar-refractivity contribution < 1.29 is 28.7 Å². The average Bonchev–Trinajstić information content (AvgIpc) is 3.15. The van der Waals surface area contributed by atoms with E-state index in [1.165, 1.54) is 38.7 Å². The highest BCUT2D eigenvalue weighted by Gasteiger charge is 2.31. The topological polar surface area (TPSA) is 142 Å². The summed E-state index contributed by atoms with van der Waals surface area (Å²) in [4.78, 5) is 52.0. The van der Waals surface area contributed by atoms with E-state index in [1.807, 2.05) is 0 Å². The molecule has 2 N–H and O–H groups in total. The van der Waals surface area contributed by atoms with Gasteiger partial charge in [0.1, 0.15) is 12.4 Å². The van der Waals surface area contributed by atoms with Gasteiger partial charge in [-0.25, -0.2) is 9.59 Å². The number of carbonyl (C=O) groups is 4. The van der Waals surface area contributed by atoms with E-state index >= 15 is 0 Å². The molecule has 11 nitrogen and oxygen atoms in total. The number of anilines is 2. The predicted octanol–water partition coefficient (Wildman–Crippen LogP) is 0.314. The first-order valence-electron chi connectivity index (χ1n) is 7.75. The smallest absolute Gasteiger partial charge is 0.337 e. The standard InChI is InChI=1S/C16H15N5O6/c1-26-14(24)8-3-9(15(25)27-2)5-10(4-8)19-13(23)11-6-12(22)21-16(20-11)17-7-18-21/h3-5,7,11H,6H2,1-2H3,(H,19,23)(H,17,18,20)/t11-/m0/s1. The SMILES string of the molecule is COC(=O)c1cc(NC(=O)[C@@H]2CC(=O)n3ncnc3N2)cc(C(=O)OC)c1. The lowest BCUT2D eigenvalue weighted by Gasteiger charge is -2.22. The van der Waals surface area contributed by atoms with E-state index in [4.69, 9.17) is 0 Å². The van der Waals surface area contributed by atoms with E-state index in [0.29, 0.717) is 0 Å². The molecule has 27 heavy (non-hydrogen) atoms. The van der Waals surface area contributed by atoms with Gasteiger partial charge in [-0.2, -0.15) is 14.8 Å². The molecule has 1 aliphatic rings. The Labute approximate surface area is 152 Å². The lowest BCUT2D eigenvalue weighted by Crippen LogP contribution is -2.42. The van der Waals surface area contributed by atoms with Gasteiger partial charge in [-0.1, -0.05) is 0 Å². The lowest BCUT2D eigenvalue weighted by molar-refractivity contribution is -0.117. The Kier molecular flexibility index (Phi) is 4.83. The van der Waals surface area contributed by atoms with Crippen LogP contribution in [0.15, 0.2) is 24.5 Å². The normalized spacial score (nSPS) is 15.3. The highest BCUT2D eigenvalue weighted by molar-refractivity contribution is 6.03. The fourth-order valence-electron chi connectivity index (χ4n) is 2.55. The third-order valence-electron chi connectivity index (χ3n) is 3.83. The molecule has 1 aromatic heterocycles. The van der Waals surface area contributed by atoms with Crippen LogP contribution in [-0.2, 0) is 14.3 Å². The van der Waals surface area contributed by atoms with Gasteiger partial charge in [0, 0.05) is 5.69 Å². The zero-order valence-electron chi connectivity index (χ0n) is 14.4. The van der Waals surface area contributed by atoms with Crippen molar-refractivity contribution in [1.82, 2.24) is 14.8 Å². The number of nitrogens with zero attached hydrogens (tertiary/aromatic N) is 3. The van der Waals surface area contributed by atoms with E-state index in [1.54, 1.807) is 0 Å². The van der Waals surface area contributed by atoms with Crippen LogP contribution >= 0.6 is 0 Å². The second kappa shape index (κ2) is 7.23. The minimum absolute atomic E-state index is 0.0584. The van der Waals surface area contributed by atoms with Crippen molar-refractivity contribution in [3.8, 4) is 0 Å². The van der Waals surface area contributed by atoms with Gasteiger partial charge in [0.15, 0.2) is 0 Å². The van der Waals surface area contributed by atoms with Gasteiger partial charge in [-0.15, -0.1) is 0 Å². The van der Waals surface area contributed by atoms with E-state index in [2.05, 4.69) is 30.2 Å². The van der Waals surface area contributed by atoms with Gasteiger partial charge >= 0.3 is 11.9 Å². The monoisotopic (exact) mass is 373 g/mol. The molecule has 0 bridgehead atoms. The second-order valence-electron chi connectivity index (χ2n) is 5.56. The number of esters is 2. The Morgan fingerprint density at radius 2 is 1.78 bits per heavy atom. The van der Waals surface area contributed by atoms with Crippen LogP contribution in [0.4, 0.5) is 11.6 Å². The van der Waals surface area contributed by atoms with Crippen LogP contribution in [0, 0.1) is 0 Å². The molecule has 0 aliphatic carbocycles. The largest absolute Gasteiger partial charge is 0.465 e. The number of nitrogens with one attached hydrogen (secondary N) is 2. The van der Waals surface area contributed by atoms with Crippen LogP contribution in [0.25, 0.3) is 0 Å². The van der Waals surface area contributed by atoms with Crippen LogP contribution in [0.3, 0.4) is 0 Å². The number of methoxy groups -OCH3 is 2. The summed E-state index contributed by atoms with van der Waals surface area (Å²) < 4.78 is 10.4. The van der Waals surface area contributed by atoms with Crippen molar-refractivity contribution in [1.29, 1.82) is 0 Å². The number of hydrogen-bond donors (Lipinski definition) is 2. The number of ether oxygens (including phenoxy) is 2. The average molecular weight is 373 g/mol. The number of fused-ring (bicyclic) bond motifs is 1. The minimum atomic E-state index is -0.891. The molecule has 2 aromatic rings. The zero-order valence-corrected chi connectivity index (χ0v) is 14.4. The summed E-state index contributed by atoms with van der Waals surface area (Å²) in [5, 5.41) is 9.12. The minimum Gasteiger partial charge on any atom is -0.465 e. The zero-order chi connectivity index (χ0) is 19.6. The molecule has 0 fully saturated rings. The van der Waals surface area contributed by atoms with E-state index < -0.39 is 23.9 Å². The Morgan fingerprint density at radius 1 is 1.15 bits per heavy atom. The number of hydrogen-bond acceptors (Lipinski definition) is 9. The number of amides is 1. The molecule has 1 aromatic carbocycles. The molecule has 0 radical (unpaired) electrons. The summed E-state index contributed by atoms with van der Waals surface area (Å²) in [7, 11) is 2.39. The first-order chi connectivity index (χ1) is 12.9. The molecule has 0 saturated heterocycles. The summed E-state index contributed by atoms with van der Waals surface area (Å²) >= 11 is 0. The second-order valence-corrected chi connectivity index (χ2v) is 5.56. The van der Waals surface area contributed by atoms with E-state index in [0.717, 1.165) is 4.68 Å². The van der Waals surface area contributed by atoms with Crippen molar-refractivity contribution in [2.45, 2.75) is 12.5 Å². The number of carbonyl (C=O) groups excluding carboxylic acids is 4. The number of rotatable bonds is 4. The lowest BCUT2D eigenvalue weighted by atomic mass is 10.1. The highest BCUT2D eigenvalue weighted by atomic mass is 16.5. The molecule has 1 aliphatic heterocycles. The van der Waals surface area contributed by atoms with Crippen LogP contribution in [0.5, 0.6) is 0 Å². The summed E-state index contributed by atoms with van der Waals surface area (Å²) in [6.07, 6.45) is 1.06. The summed E-state index contributed by atoms with van der Waals surface area (Å²) in [5.74, 6) is -2.15. The molecule has 1 atom stereocenters. The quantitative estimate of drug-likeness (QED) is 0.724. The predicted molar refractivity (Wildman–Crippen MR) is 90.4 cm³/mol. The summed E-state index contributed by atoms with van der Waals surface area (Å²) in [5.41, 5.74) is 0.288. The molecule has 0 unspecified atom stereocenters. The number of aromatic nitrogens is 3. The molecule has 0 spiro atoms. The fourth-order valence-corrected chi connectivity index (χ4v) is 2.55. The Balaban J connectivity index is 1.84. The van der Waals surface area contributed by atoms with E-state index in [-0.39, 0.29) is 35.1 Å². The number of benzene rings is 1. The maximum absolute atomic E-state index is 12.5. The Hall–Kier alpha value is -3.76. The molecule has 3 rings (SSSR count).